The molecule has 1 N–H and O–H groups in total. The van der Waals surface area contributed by atoms with Gasteiger partial charge in [0.15, 0.2) is 0 Å². The first-order valence-corrected chi connectivity index (χ1v) is 8.33. The van der Waals surface area contributed by atoms with Crippen LogP contribution in [0.1, 0.15) is 31.4 Å². The van der Waals surface area contributed by atoms with Crippen molar-refractivity contribution >= 4 is 17.8 Å². The lowest BCUT2D eigenvalue weighted by Crippen LogP contribution is -2.36. The molecule has 0 spiro atoms. The Balaban J connectivity index is 1.64. The van der Waals surface area contributed by atoms with E-state index in [4.69, 9.17) is 5.11 Å². The van der Waals surface area contributed by atoms with Crippen molar-refractivity contribution in [3.05, 3.63) is 35.9 Å². The number of amides is 2. The van der Waals surface area contributed by atoms with Crippen molar-refractivity contribution in [2.45, 2.75) is 25.8 Å². The second kappa shape index (κ2) is 6.63. The summed E-state index contributed by atoms with van der Waals surface area (Å²) in [5.41, 5.74) is 1.05. The summed E-state index contributed by atoms with van der Waals surface area (Å²) in [5, 5.41) is 9.06. The molecule has 0 radical (unpaired) electrons. The maximum Gasteiger partial charge on any atom is 0.308 e. The van der Waals surface area contributed by atoms with E-state index < -0.39 is 11.9 Å². The summed E-state index contributed by atoms with van der Waals surface area (Å²) in [6.45, 7) is 3.10. The largest absolute Gasteiger partial charge is 0.481 e. The normalized spacial score (nSPS) is 25.1. The first-order valence-electron chi connectivity index (χ1n) is 8.33. The van der Waals surface area contributed by atoms with Gasteiger partial charge in [0.2, 0.25) is 11.8 Å². The average molecular weight is 330 g/mol. The van der Waals surface area contributed by atoms with Crippen LogP contribution in [0, 0.1) is 11.8 Å². The average Bonchev–Trinajstić information content (AvgIpc) is 3.21. The van der Waals surface area contributed by atoms with Gasteiger partial charge in [-0.05, 0) is 18.9 Å². The summed E-state index contributed by atoms with van der Waals surface area (Å²) < 4.78 is 0. The molecule has 24 heavy (non-hydrogen) atoms. The fourth-order valence-electron chi connectivity index (χ4n) is 3.60. The highest BCUT2D eigenvalue weighted by molar-refractivity contribution is 5.90. The molecule has 0 unspecified atom stereocenters. The molecule has 2 heterocycles. The third kappa shape index (κ3) is 3.13. The molecular weight excluding hydrogens is 308 g/mol. The fraction of sp³-hybridized carbons (Fsp3) is 0.500. The zero-order valence-corrected chi connectivity index (χ0v) is 13.7. The van der Waals surface area contributed by atoms with Crippen molar-refractivity contribution in [1.29, 1.82) is 0 Å². The minimum atomic E-state index is -0.855. The molecule has 2 aliphatic rings. The van der Waals surface area contributed by atoms with Crippen LogP contribution in [0.4, 0.5) is 0 Å². The van der Waals surface area contributed by atoms with Gasteiger partial charge in [0, 0.05) is 26.1 Å². The van der Waals surface area contributed by atoms with E-state index >= 15 is 0 Å². The number of rotatable bonds is 4. The summed E-state index contributed by atoms with van der Waals surface area (Å²) >= 11 is 0. The Morgan fingerprint density at radius 3 is 2.50 bits per heavy atom. The number of carboxylic acid groups (broad SMARTS) is 1. The predicted molar refractivity (Wildman–Crippen MR) is 87.0 cm³/mol. The van der Waals surface area contributed by atoms with E-state index in [2.05, 4.69) is 0 Å². The first-order chi connectivity index (χ1) is 11.5. The highest BCUT2D eigenvalue weighted by atomic mass is 16.4. The maximum atomic E-state index is 12.6. The summed E-state index contributed by atoms with van der Waals surface area (Å²) in [6, 6.07) is 9.69. The summed E-state index contributed by atoms with van der Waals surface area (Å²) in [5.74, 6) is -1.80. The molecule has 3 atom stereocenters. The van der Waals surface area contributed by atoms with Crippen LogP contribution in [0.5, 0.6) is 0 Å². The zero-order chi connectivity index (χ0) is 17.3. The molecule has 2 aliphatic heterocycles. The summed E-state index contributed by atoms with van der Waals surface area (Å²) in [7, 11) is 0. The standard InChI is InChI=1S/C18H22N2O4/c1-12(13-5-3-2-4-6-13)20-11-15(9-16(20)21)17(22)19-8-7-14(10-19)18(23)24/h2-6,12,14-15H,7-11H2,1H3,(H,23,24)/t12-,14-,15-/m1/s1. The van der Waals surface area contributed by atoms with Gasteiger partial charge in [-0.3, -0.25) is 14.4 Å². The number of benzene rings is 1. The third-order valence-corrected chi connectivity index (χ3v) is 5.11. The SMILES string of the molecule is C[C@H](c1ccccc1)N1C[C@H](C(=O)N2CC[C@@H](C(=O)O)C2)CC1=O. The topological polar surface area (TPSA) is 77.9 Å². The molecular formula is C18H22N2O4. The number of aliphatic carboxylic acids is 1. The number of hydrogen-bond acceptors (Lipinski definition) is 3. The van der Waals surface area contributed by atoms with E-state index in [1.54, 1.807) is 9.80 Å². The minimum absolute atomic E-state index is 0.0151. The predicted octanol–water partition coefficient (Wildman–Crippen LogP) is 1.53. The fourth-order valence-corrected chi connectivity index (χ4v) is 3.60. The third-order valence-electron chi connectivity index (χ3n) is 5.11. The zero-order valence-electron chi connectivity index (χ0n) is 13.7. The Labute approximate surface area is 141 Å². The van der Waals surface area contributed by atoms with Gasteiger partial charge in [-0.2, -0.15) is 0 Å². The molecule has 0 aromatic heterocycles. The van der Waals surface area contributed by atoms with Gasteiger partial charge in [0.05, 0.1) is 17.9 Å². The molecule has 6 nitrogen and oxygen atoms in total. The Morgan fingerprint density at radius 1 is 1.17 bits per heavy atom. The molecule has 128 valence electrons. The van der Waals surface area contributed by atoms with E-state index in [9.17, 15) is 14.4 Å². The lowest BCUT2D eigenvalue weighted by molar-refractivity contribution is -0.141. The van der Waals surface area contributed by atoms with Crippen molar-refractivity contribution in [2.24, 2.45) is 11.8 Å². The summed E-state index contributed by atoms with van der Waals surface area (Å²) in [6.07, 6.45) is 0.704. The van der Waals surface area contributed by atoms with Crippen LogP contribution in [0.3, 0.4) is 0 Å². The first kappa shape index (κ1) is 16.5. The van der Waals surface area contributed by atoms with Crippen LogP contribution in [0.25, 0.3) is 0 Å². The molecule has 0 aliphatic carbocycles. The second-order valence-corrected chi connectivity index (χ2v) is 6.64. The highest BCUT2D eigenvalue weighted by Crippen LogP contribution is 2.30. The molecule has 0 saturated carbocycles. The highest BCUT2D eigenvalue weighted by Gasteiger charge is 2.41. The Hall–Kier alpha value is -2.37. The van der Waals surface area contributed by atoms with Gasteiger partial charge in [-0.25, -0.2) is 0 Å². The van der Waals surface area contributed by atoms with Crippen LogP contribution in [0.15, 0.2) is 30.3 Å². The van der Waals surface area contributed by atoms with Crippen LogP contribution in [0.2, 0.25) is 0 Å². The number of hydrogen-bond donors (Lipinski definition) is 1. The maximum absolute atomic E-state index is 12.6. The van der Waals surface area contributed by atoms with Gasteiger partial charge in [-0.15, -0.1) is 0 Å². The smallest absolute Gasteiger partial charge is 0.308 e. The Kier molecular flexibility index (Phi) is 4.55. The number of nitrogens with zero attached hydrogens (tertiary/aromatic N) is 2. The molecule has 6 heteroatoms. The molecule has 2 fully saturated rings. The summed E-state index contributed by atoms with van der Waals surface area (Å²) in [4.78, 5) is 39.4. The van der Waals surface area contributed by atoms with Gasteiger partial charge >= 0.3 is 5.97 Å². The van der Waals surface area contributed by atoms with Crippen LogP contribution in [-0.2, 0) is 14.4 Å². The number of carboxylic acids is 1. The monoisotopic (exact) mass is 330 g/mol. The van der Waals surface area contributed by atoms with E-state index in [-0.39, 0.29) is 36.7 Å². The van der Waals surface area contributed by atoms with E-state index in [0.717, 1.165) is 5.56 Å². The molecule has 2 amide bonds. The van der Waals surface area contributed by atoms with Crippen molar-refractivity contribution in [2.75, 3.05) is 19.6 Å². The van der Waals surface area contributed by atoms with Crippen LogP contribution < -0.4 is 0 Å². The molecule has 1 aromatic rings. The Bertz CT molecular complexity index is 646. The molecule has 1 aromatic carbocycles. The number of likely N-dealkylation sites (tertiary alicyclic amines) is 2. The minimum Gasteiger partial charge on any atom is -0.481 e. The molecule has 0 bridgehead atoms. The van der Waals surface area contributed by atoms with Crippen molar-refractivity contribution in [3.8, 4) is 0 Å². The van der Waals surface area contributed by atoms with Crippen molar-refractivity contribution in [3.63, 3.8) is 0 Å². The van der Waals surface area contributed by atoms with Crippen LogP contribution in [-0.4, -0.2) is 52.3 Å². The lowest BCUT2D eigenvalue weighted by atomic mass is 10.1. The number of carbonyl (C=O) groups excluding carboxylic acids is 2. The van der Waals surface area contributed by atoms with Gasteiger partial charge in [0.1, 0.15) is 0 Å². The van der Waals surface area contributed by atoms with E-state index in [1.807, 2.05) is 37.3 Å². The number of carbonyl (C=O) groups is 3. The van der Waals surface area contributed by atoms with E-state index in [0.29, 0.717) is 19.5 Å². The van der Waals surface area contributed by atoms with Gasteiger partial charge in [0.25, 0.3) is 0 Å². The van der Waals surface area contributed by atoms with Gasteiger partial charge in [-0.1, -0.05) is 30.3 Å². The lowest BCUT2D eigenvalue weighted by Gasteiger charge is -2.26. The van der Waals surface area contributed by atoms with E-state index in [1.165, 1.54) is 0 Å². The van der Waals surface area contributed by atoms with Crippen LogP contribution >= 0.6 is 0 Å². The van der Waals surface area contributed by atoms with Gasteiger partial charge < -0.3 is 14.9 Å². The molecule has 2 saturated heterocycles. The van der Waals surface area contributed by atoms with Crippen molar-refractivity contribution < 1.29 is 19.5 Å². The Morgan fingerprint density at radius 2 is 1.88 bits per heavy atom. The quantitative estimate of drug-likeness (QED) is 0.908. The second-order valence-electron chi connectivity index (χ2n) is 6.64. The van der Waals surface area contributed by atoms with Crippen molar-refractivity contribution in [1.82, 2.24) is 9.80 Å². The molecule has 3 rings (SSSR count).